The van der Waals surface area contributed by atoms with Gasteiger partial charge in [-0.25, -0.2) is 0 Å². The summed E-state index contributed by atoms with van der Waals surface area (Å²) >= 11 is 0. The van der Waals surface area contributed by atoms with Gasteiger partial charge in [-0.3, -0.25) is 9.69 Å². The molecule has 24 heavy (non-hydrogen) atoms. The van der Waals surface area contributed by atoms with Crippen LogP contribution in [0.15, 0.2) is 36.0 Å². The molecule has 128 valence electrons. The molecule has 1 aromatic carbocycles. The van der Waals surface area contributed by atoms with Crippen molar-refractivity contribution in [3.63, 3.8) is 0 Å². The maximum absolute atomic E-state index is 12.1. The first kappa shape index (κ1) is 18.0. The predicted molar refractivity (Wildman–Crippen MR) is 95.5 cm³/mol. The summed E-state index contributed by atoms with van der Waals surface area (Å²) in [5.74, 6) is -0.339. The van der Waals surface area contributed by atoms with E-state index < -0.39 is 0 Å². The Hall–Kier alpha value is -2.36. The van der Waals surface area contributed by atoms with Crippen LogP contribution < -0.4 is 16.0 Å². The summed E-state index contributed by atoms with van der Waals surface area (Å²) < 4.78 is 0. The van der Waals surface area contributed by atoms with E-state index in [1.807, 2.05) is 30.3 Å². The number of rotatable bonds is 7. The van der Waals surface area contributed by atoms with Crippen LogP contribution in [-0.2, 0) is 11.2 Å². The third-order valence-electron chi connectivity index (χ3n) is 4.06. The summed E-state index contributed by atoms with van der Waals surface area (Å²) in [6.45, 7) is 7.37. The third kappa shape index (κ3) is 5.37. The van der Waals surface area contributed by atoms with E-state index in [2.05, 4.69) is 27.8 Å². The fourth-order valence-corrected chi connectivity index (χ4v) is 2.63. The largest absolute Gasteiger partial charge is 0.360 e. The van der Waals surface area contributed by atoms with Crippen molar-refractivity contribution in [2.24, 2.45) is 0 Å². The van der Waals surface area contributed by atoms with Crippen molar-refractivity contribution in [1.29, 1.82) is 5.26 Å². The molecule has 1 aromatic rings. The van der Waals surface area contributed by atoms with Crippen molar-refractivity contribution in [1.82, 2.24) is 15.5 Å². The van der Waals surface area contributed by atoms with Gasteiger partial charge in [0.1, 0.15) is 11.6 Å². The zero-order chi connectivity index (χ0) is 17.2. The van der Waals surface area contributed by atoms with Crippen LogP contribution >= 0.6 is 0 Å². The van der Waals surface area contributed by atoms with Gasteiger partial charge in [0.2, 0.25) is 0 Å². The summed E-state index contributed by atoms with van der Waals surface area (Å²) in [4.78, 5) is 14.4. The summed E-state index contributed by atoms with van der Waals surface area (Å²) in [6, 6.07) is 9.82. The van der Waals surface area contributed by atoms with Crippen molar-refractivity contribution in [3.8, 4) is 6.07 Å². The highest BCUT2D eigenvalue weighted by Crippen LogP contribution is 2.15. The molecule has 6 nitrogen and oxygen atoms in total. The van der Waals surface area contributed by atoms with Gasteiger partial charge in [-0.15, -0.1) is 0 Å². The number of aryl methyl sites for hydroxylation is 1. The third-order valence-corrected chi connectivity index (χ3v) is 4.06. The second-order valence-electron chi connectivity index (χ2n) is 5.67. The Balaban J connectivity index is 1.85. The van der Waals surface area contributed by atoms with Crippen LogP contribution in [0.2, 0.25) is 0 Å². The van der Waals surface area contributed by atoms with E-state index in [0.29, 0.717) is 6.54 Å². The van der Waals surface area contributed by atoms with E-state index >= 15 is 0 Å². The van der Waals surface area contributed by atoms with Crippen molar-refractivity contribution in [3.05, 3.63) is 41.6 Å². The molecular formula is C18H25N5O. The van der Waals surface area contributed by atoms with Gasteiger partial charge in [-0.05, 0) is 18.1 Å². The molecule has 1 fully saturated rings. The van der Waals surface area contributed by atoms with Crippen molar-refractivity contribution < 1.29 is 4.79 Å². The predicted octanol–water partition coefficient (Wildman–Crippen LogP) is 1.09. The lowest BCUT2D eigenvalue weighted by molar-refractivity contribution is -0.117. The molecule has 1 saturated heterocycles. The van der Waals surface area contributed by atoms with E-state index in [-0.39, 0.29) is 11.5 Å². The highest BCUT2D eigenvalue weighted by atomic mass is 16.1. The van der Waals surface area contributed by atoms with Crippen LogP contribution in [0, 0.1) is 11.3 Å². The average Bonchev–Trinajstić information content (AvgIpc) is 2.63. The summed E-state index contributed by atoms with van der Waals surface area (Å²) in [5.41, 5.74) is 2.15. The minimum Gasteiger partial charge on any atom is -0.360 e. The molecule has 3 N–H and O–H groups in total. The Bertz CT molecular complexity index is 614. The van der Waals surface area contributed by atoms with E-state index in [4.69, 9.17) is 0 Å². The van der Waals surface area contributed by atoms with Gasteiger partial charge >= 0.3 is 0 Å². The normalized spacial score (nSPS) is 15.6. The highest BCUT2D eigenvalue weighted by Gasteiger charge is 2.11. The molecule has 0 unspecified atom stereocenters. The number of benzene rings is 1. The highest BCUT2D eigenvalue weighted by molar-refractivity contribution is 5.97. The van der Waals surface area contributed by atoms with Crippen molar-refractivity contribution >= 4 is 11.6 Å². The second-order valence-corrected chi connectivity index (χ2v) is 5.67. The Morgan fingerprint density at radius 3 is 2.83 bits per heavy atom. The first-order valence-corrected chi connectivity index (χ1v) is 8.40. The number of carbonyl (C=O) groups excluding carboxylic acids is 1. The standard InChI is InChI=1S/C18H25N5O/c1-2-15-5-3-4-6-17(15)22-14-16(13-19)18(24)21-9-12-23-10-7-20-8-11-23/h3-6,14,20,22H,2,7-12H2,1H3,(H,21,24)/b16-14-. The number of amides is 1. The molecule has 1 heterocycles. The van der Waals surface area contributed by atoms with Gasteiger partial charge in [0, 0.05) is 51.2 Å². The van der Waals surface area contributed by atoms with Crippen LogP contribution in [0.5, 0.6) is 0 Å². The van der Waals surface area contributed by atoms with Crippen LogP contribution in [-0.4, -0.2) is 50.1 Å². The zero-order valence-corrected chi connectivity index (χ0v) is 14.1. The number of carbonyl (C=O) groups is 1. The maximum atomic E-state index is 12.1. The van der Waals surface area contributed by atoms with Gasteiger partial charge < -0.3 is 16.0 Å². The molecule has 2 rings (SSSR count). The zero-order valence-electron chi connectivity index (χ0n) is 14.1. The van der Waals surface area contributed by atoms with Crippen LogP contribution in [0.3, 0.4) is 0 Å². The Kier molecular flexibility index (Phi) is 7.27. The second kappa shape index (κ2) is 9.71. The Morgan fingerprint density at radius 1 is 1.38 bits per heavy atom. The Labute approximate surface area is 143 Å². The van der Waals surface area contributed by atoms with Gasteiger partial charge in [-0.2, -0.15) is 5.26 Å². The minimum absolute atomic E-state index is 0.0845. The van der Waals surface area contributed by atoms with Gasteiger partial charge in [-0.1, -0.05) is 25.1 Å². The first-order valence-electron chi connectivity index (χ1n) is 8.40. The molecule has 0 spiro atoms. The summed E-state index contributed by atoms with van der Waals surface area (Å²) in [7, 11) is 0. The number of hydrogen-bond acceptors (Lipinski definition) is 5. The molecule has 1 aliphatic rings. The topological polar surface area (TPSA) is 80.2 Å². The molecule has 0 bridgehead atoms. The number of nitriles is 1. The molecule has 1 aliphatic heterocycles. The minimum atomic E-state index is -0.339. The lowest BCUT2D eigenvalue weighted by atomic mass is 10.1. The van der Waals surface area contributed by atoms with Crippen LogP contribution in [0.1, 0.15) is 12.5 Å². The van der Waals surface area contributed by atoms with E-state index in [1.54, 1.807) is 0 Å². The smallest absolute Gasteiger partial charge is 0.263 e. The lowest BCUT2D eigenvalue weighted by Crippen LogP contribution is -2.46. The first-order chi connectivity index (χ1) is 11.7. The van der Waals surface area contributed by atoms with E-state index in [1.165, 1.54) is 6.20 Å². The molecule has 0 aliphatic carbocycles. The lowest BCUT2D eigenvalue weighted by Gasteiger charge is -2.27. The molecule has 0 atom stereocenters. The summed E-state index contributed by atoms with van der Waals surface area (Å²) in [6.07, 6.45) is 2.37. The number of nitrogens with zero attached hydrogens (tertiary/aromatic N) is 2. The SMILES string of the molecule is CCc1ccccc1N/C=C(/C#N)C(=O)NCCN1CCNCC1. The number of anilines is 1. The van der Waals surface area contributed by atoms with Gasteiger partial charge in [0.25, 0.3) is 5.91 Å². The number of hydrogen-bond donors (Lipinski definition) is 3. The molecule has 0 saturated carbocycles. The fraction of sp³-hybridized carbons (Fsp3) is 0.444. The molecule has 6 heteroatoms. The summed E-state index contributed by atoms with van der Waals surface area (Å²) in [5, 5.41) is 18.4. The van der Waals surface area contributed by atoms with Crippen LogP contribution in [0.4, 0.5) is 5.69 Å². The van der Waals surface area contributed by atoms with Gasteiger partial charge in [0.05, 0.1) is 0 Å². The number of piperazine rings is 1. The number of para-hydroxylation sites is 1. The number of nitrogens with one attached hydrogen (secondary N) is 3. The van der Waals surface area contributed by atoms with Crippen molar-refractivity contribution in [2.45, 2.75) is 13.3 Å². The quantitative estimate of drug-likeness (QED) is 0.516. The molecule has 0 radical (unpaired) electrons. The maximum Gasteiger partial charge on any atom is 0.263 e. The van der Waals surface area contributed by atoms with E-state index in [9.17, 15) is 10.1 Å². The molecular weight excluding hydrogens is 302 g/mol. The fourth-order valence-electron chi connectivity index (χ4n) is 2.63. The monoisotopic (exact) mass is 327 g/mol. The average molecular weight is 327 g/mol. The molecule has 1 amide bonds. The van der Waals surface area contributed by atoms with Crippen molar-refractivity contribution in [2.75, 3.05) is 44.6 Å². The van der Waals surface area contributed by atoms with Gasteiger partial charge in [0.15, 0.2) is 0 Å². The molecule has 0 aromatic heterocycles. The van der Waals surface area contributed by atoms with E-state index in [0.717, 1.165) is 50.4 Å². The van der Waals surface area contributed by atoms with Crippen LogP contribution in [0.25, 0.3) is 0 Å². The Morgan fingerprint density at radius 2 is 2.12 bits per heavy atom.